The largest absolute Gasteiger partial charge is 0.332 e. The van der Waals surface area contributed by atoms with Crippen LogP contribution in [0.4, 0.5) is 11.4 Å². The molecule has 1 nitrogen and oxygen atoms in total. The zero-order chi connectivity index (χ0) is 39.5. The van der Waals surface area contributed by atoms with E-state index in [1.54, 1.807) is 0 Å². The van der Waals surface area contributed by atoms with E-state index in [9.17, 15) is 0 Å². The minimum atomic E-state index is -0.212. The van der Waals surface area contributed by atoms with E-state index in [4.69, 9.17) is 0 Å². The van der Waals surface area contributed by atoms with Crippen LogP contribution in [0.3, 0.4) is 0 Å². The Bertz CT molecular complexity index is 3730. The van der Waals surface area contributed by atoms with Gasteiger partial charge < -0.3 is 4.90 Å². The Morgan fingerprint density at radius 2 is 0.967 bits per heavy atom. The second-order valence-corrected chi connectivity index (χ2v) is 16.9. The molecule has 60 heavy (non-hydrogen) atoms. The van der Waals surface area contributed by atoms with Gasteiger partial charge >= 0.3 is 0 Å². The van der Waals surface area contributed by atoms with E-state index < -0.39 is 0 Å². The number of anilines is 2. The molecule has 0 amide bonds. The Kier molecular flexibility index (Phi) is 6.98. The van der Waals surface area contributed by atoms with E-state index in [2.05, 4.69) is 218 Å². The summed E-state index contributed by atoms with van der Waals surface area (Å²) in [5.41, 5.74) is 7.28. The van der Waals surface area contributed by atoms with Gasteiger partial charge in [0.2, 0.25) is 0 Å². The third kappa shape index (κ3) is 4.58. The van der Waals surface area contributed by atoms with Gasteiger partial charge in [-0.3, -0.25) is 0 Å². The van der Waals surface area contributed by atoms with Gasteiger partial charge in [0.1, 0.15) is 0 Å². The number of hydrogen-bond acceptors (Lipinski definition) is 1. The molecule has 0 aliphatic heterocycles. The summed E-state index contributed by atoms with van der Waals surface area (Å²) in [5, 5.41) is 21.0. The summed E-state index contributed by atoms with van der Waals surface area (Å²) in [5.74, 6) is 0. The summed E-state index contributed by atoms with van der Waals surface area (Å²) in [6.45, 7) is 2.35. The highest BCUT2D eigenvalue weighted by atomic mass is 15.2. The molecule has 13 rings (SSSR count). The molecule has 0 aromatic heterocycles. The SMILES string of the molecule is CC1(N(c2ccccc2)c2ccc3c(c2)c2cccc4c5c(-c6ccccc6)c6c7cc8ccccc8c8cccc(c6c(-c6ccccc6)c5cc3c24)c87)C=CC=CC1. The molecule has 280 valence electrons. The van der Waals surface area contributed by atoms with Crippen molar-refractivity contribution in [3.05, 3.63) is 206 Å². The second-order valence-electron chi connectivity index (χ2n) is 16.9. The smallest absolute Gasteiger partial charge is 0.0642 e. The molecule has 0 heterocycles. The molecule has 0 saturated carbocycles. The van der Waals surface area contributed by atoms with Crippen LogP contribution in [0.1, 0.15) is 13.3 Å². The molecular weight excluding hydrogens is 723 g/mol. The van der Waals surface area contributed by atoms with Crippen molar-refractivity contribution in [1.82, 2.24) is 0 Å². The van der Waals surface area contributed by atoms with Gasteiger partial charge in [0, 0.05) is 11.4 Å². The molecule has 0 bridgehead atoms. The van der Waals surface area contributed by atoms with Gasteiger partial charge in [-0.1, -0.05) is 170 Å². The lowest BCUT2D eigenvalue weighted by molar-refractivity contribution is 0.570. The third-order valence-electron chi connectivity index (χ3n) is 13.6. The predicted octanol–water partition coefficient (Wildman–Crippen LogP) is 16.5. The van der Waals surface area contributed by atoms with Crippen LogP contribution < -0.4 is 4.90 Å². The third-order valence-corrected chi connectivity index (χ3v) is 13.6. The molecule has 12 aromatic rings. The van der Waals surface area contributed by atoms with Crippen molar-refractivity contribution in [2.45, 2.75) is 18.9 Å². The van der Waals surface area contributed by atoms with Crippen LogP contribution in [-0.2, 0) is 0 Å². The molecule has 1 unspecified atom stereocenters. The van der Waals surface area contributed by atoms with Crippen LogP contribution in [0.2, 0.25) is 0 Å². The summed E-state index contributed by atoms with van der Waals surface area (Å²) in [6.07, 6.45) is 9.94. The van der Waals surface area contributed by atoms with Gasteiger partial charge in [-0.05, 0) is 158 Å². The first kappa shape index (κ1) is 33.5. The molecule has 1 aliphatic carbocycles. The highest BCUT2D eigenvalue weighted by Gasteiger charge is 2.32. The van der Waals surface area contributed by atoms with E-state index in [0.717, 1.165) is 6.42 Å². The van der Waals surface area contributed by atoms with E-state index in [0.29, 0.717) is 0 Å². The molecule has 0 saturated heterocycles. The van der Waals surface area contributed by atoms with Crippen LogP contribution in [0, 0.1) is 0 Å². The van der Waals surface area contributed by atoms with Crippen molar-refractivity contribution >= 4 is 97.6 Å². The minimum Gasteiger partial charge on any atom is -0.332 e. The number of hydrogen-bond donors (Lipinski definition) is 0. The second kappa shape index (κ2) is 12.5. The van der Waals surface area contributed by atoms with Crippen LogP contribution in [0.25, 0.3) is 108 Å². The van der Waals surface area contributed by atoms with Gasteiger partial charge in [0.15, 0.2) is 0 Å². The van der Waals surface area contributed by atoms with E-state index >= 15 is 0 Å². The topological polar surface area (TPSA) is 3.24 Å². The van der Waals surface area contributed by atoms with Crippen molar-refractivity contribution in [2.75, 3.05) is 4.90 Å². The van der Waals surface area contributed by atoms with Crippen LogP contribution in [-0.4, -0.2) is 5.54 Å². The van der Waals surface area contributed by atoms with E-state index in [1.165, 1.54) is 120 Å². The van der Waals surface area contributed by atoms with Gasteiger partial charge in [0.25, 0.3) is 0 Å². The first-order chi connectivity index (χ1) is 29.7. The maximum Gasteiger partial charge on any atom is 0.0642 e. The fraction of sp³-hybridized carbons (Fsp3) is 0.0508. The highest BCUT2D eigenvalue weighted by molar-refractivity contribution is 6.46. The Labute approximate surface area is 348 Å². The van der Waals surface area contributed by atoms with Crippen LogP contribution >= 0.6 is 0 Å². The van der Waals surface area contributed by atoms with Crippen LogP contribution in [0.15, 0.2) is 206 Å². The number of allylic oxidation sites excluding steroid dienone is 2. The standard InChI is InChI=1S/C59H39N/c1-59(32-14-5-15-33-59)60(40-23-10-4-11-24-40)41-30-31-43-48(35-41)45-27-17-28-46-54(45)49(43)36-51-52(37-18-6-2-7-19-37)57-47-29-16-26-44-42-25-13-12-22-39(42)34-50(55(44)47)58(57)53(56(46)51)38-20-8-3-9-21-38/h2-32,34-36H,33H2,1H3. The normalized spacial score (nSPS) is 15.6. The number of benzene rings is 10. The molecular formula is C59H39N. The lowest BCUT2D eigenvalue weighted by Crippen LogP contribution is -2.42. The van der Waals surface area contributed by atoms with Crippen molar-refractivity contribution in [3.8, 4) is 22.3 Å². The molecule has 12 aromatic carbocycles. The number of rotatable bonds is 5. The zero-order valence-electron chi connectivity index (χ0n) is 33.3. The molecule has 0 spiro atoms. The Morgan fingerprint density at radius 1 is 0.367 bits per heavy atom. The van der Waals surface area contributed by atoms with Gasteiger partial charge in [0.05, 0.1) is 5.54 Å². The summed E-state index contributed by atoms with van der Waals surface area (Å²) in [4.78, 5) is 2.53. The summed E-state index contributed by atoms with van der Waals surface area (Å²) in [7, 11) is 0. The van der Waals surface area contributed by atoms with Crippen molar-refractivity contribution in [3.63, 3.8) is 0 Å². The first-order valence-corrected chi connectivity index (χ1v) is 21.2. The Hall–Kier alpha value is -7.48. The van der Waals surface area contributed by atoms with Gasteiger partial charge in [-0.25, -0.2) is 0 Å². The van der Waals surface area contributed by atoms with Crippen LogP contribution in [0.5, 0.6) is 0 Å². The quantitative estimate of drug-likeness (QED) is 0.158. The summed E-state index contributed by atoms with van der Waals surface area (Å²) < 4.78 is 0. The zero-order valence-corrected chi connectivity index (χ0v) is 33.3. The highest BCUT2D eigenvalue weighted by Crippen LogP contribution is 2.55. The fourth-order valence-corrected chi connectivity index (χ4v) is 11.1. The average Bonchev–Trinajstić information content (AvgIpc) is 3.80. The van der Waals surface area contributed by atoms with E-state index in [-0.39, 0.29) is 5.54 Å². The molecule has 0 N–H and O–H groups in total. The Morgan fingerprint density at radius 3 is 1.70 bits per heavy atom. The summed E-state index contributed by atoms with van der Waals surface area (Å²) >= 11 is 0. The lowest BCUT2D eigenvalue weighted by atomic mass is 9.84. The molecule has 0 radical (unpaired) electrons. The Balaban J connectivity index is 1.23. The van der Waals surface area contributed by atoms with Crippen molar-refractivity contribution < 1.29 is 0 Å². The van der Waals surface area contributed by atoms with Gasteiger partial charge in [-0.2, -0.15) is 0 Å². The minimum absolute atomic E-state index is 0.212. The predicted molar refractivity (Wildman–Crippen MR) is 260 cm³/mol. The summed E-state index contributed by atoms with van der Waals surface area (Å²) in [6, 6.07) is 68.3. The molecule has 1 heteroatoms. The van der Waals surface area contributed by atoms with Gasteiger partial charge in [-0.15, -0.1) is 0 Å². The maximum atomic E-state index is 2.55. The number of nitrogens with zero attached hydrogens (tertiary/aromatic N) is 1. The van der Waals surface area contributed by atoms with Crippen molar-refractivity contribution in [1.29, 1.82) is 0 Å². The van der Waals surface area contributed by atoms with E-state index in [1.807, 2.05) is 0 Å². The molecule has 1 atom stereocenters. The monoisotopic (exact) mass is 761 g/mol. The maximum absolute atomic E-state index is 2.55. The molecule has 0 fully saturated rings. The lowest BCUT2D eigenvalue weighted by Gasteiger charge is -2.41. The first-order valence-electron chi connectivity index (χ1n) is 21.2. The fourth-order valence-electron chi connectivity index (χ4n) is 11.1. The number of fused-ring (bicyclic) bond motifs is 10. The average molecular weight is 762 g/mol. The number of para-hydroxylation sites is 1. The molecule has 1 aliphatic rings. The van der Waals surface area contributed by atoms with Crippen molar-refractivity contribution in [2.24, 2.45) is 0 Å².